The summed E-state index contributed by atoms with van der Waals surface area (Å²) in [4.78, 5) is 26.7. The van der Waals surface area contributed by atoms with Crippen molar-refractivity contribution in [1.82, 2.24) is 4.90 Å². The number of carboxylic acids is 1. The Bertz CT molecular complexity index is 546. The molecule has 0 bridgehead atoms. The largest absolute Gasteiger partial charge is 0.481 e. The molecule has 1 aromatic rings. The Morgan fingerprint density at radius 1 is 1.24 bits per heavy atom. The summed E-state index contributed by atoms with van der Waals surface area (Å²) in [6.07, 6.45) is 0. The number of aryl methyl sites for hydroxylation is 1. The van der Waals surface area contributed by atoms with Crippen LogP contribution in [0.5, 0.6) is 0 Å². The molecule has 6 nitrogen and oxygen atoms in total. The summed E-state index contributed by atoms with van der Waals surface area (Å²) < 4.78 is 5.22. The van der Waals surface area contributed by atoms with E-state index in [-0.39, 0.29) is 19.2 Å². The fourth-order valence-electron chi connectivity index (χ4n) is 2.58. The number of likely N-dealkylation sites (N-methyl/N-ethyl adjacent to an activating group) is 1. The van der Waals surface area contributed by atoms with Crippen molar-refractivity contribution < 1.29 is 19.4 Å². The lowest BCUT2D eigenvalue weighted by Gasteiger charge is -2.31. The number of benzene rings is 1. The molecule has 1 aromatic carbocycles. The van der Waals surface area contributed by atoms with Gasteiger partial charge in [-0.25, -0.2) is 4.79 Å². The minimum atomic E-state index is -0.935. The van der Waals surface area contributed by atoms with Crippen molar-refractivity contribution in [2.45, 2.75) is 13.0 Å². The van der Waals surface area contributed by atoms with Gasteiger partial charge >= 0.3 is 12.0 Å². The van der Waals surface area contributed by atoms with E-state index in [4.69, 9.17) is 4.74 Å². The van der Waals surface area contributed by atoms with Gasteiger partial charge in [0.15, 0.2) is 0 Å². The third-order valence-corrected chi connectivity index (χ3v) is 3.93. The van der Waals surface area contributed by atoms with Crippen LogP contribution >= 0.6 is 0 Å². The van der Waals surface area contributed by atoms with Crippen molar-refractivity contribution >= 4 is 17.7 Å². The number of ether oxygens (including phenoxy) is 1. The second-order valence-corrected chi connectivity index (χ2v) is 5.29. The van der Waals surface area contributed by atoms with Crippen molar-refractivity contribution in [3.8, 4) is 0 Å². The number of hydrogen-bond donors (Lipinski definition) is 1. The second kappa shape index (κ2) is 6.13. The molecule has 0 spiro atoms. The number of urea groups is 1. The van der Waals surface area contributed by atoms with Gasteiger partial charge in [-0.05, 0) is 18.6 Å². The number of carbonyl (C=O) groups is 2. The summed E-state index contributed by atoms with van der Waals surface area (Å²) >= 11 is 0. The van der Waals surface area contributed by atoms with Crippen LogP contribution in [0, 0.1) is 12.8 Å². The van der Waals surface area contributed by atoms with Crippen LogP contribution in [0.15, 0.2) is 24.3 Å². The highest BCUT2D eigenvalue weighted by atomic mass is 16.5. The molecule has 1 aliphatic rings. The van der Waals surface area contributed by atoms with E-state index in [0.29, 0.717) is 0 Å². The summed E-state index contributed by atoms with van der Waals surface area (Å²) in [6.45, 7) is 2.32. The van der Waals surface area contributed by atoms with Gasteiger partial charge in [-0.3, -0.25) is 9.69 Å². The third-order valence-electron chi connectivity index (χ3n) is 3.93. The standard InChI is InChI=1S/C15H20N2O4/c1-10-6-4-5-7-12(10)16(2)15(20)17(3)13-9-21-8-11(13)14(18)19/h4-7,11,13H,8-9H2,1-3H3,(H,18,19). The van der Waals surface area contributed by atoms with Crippen LogP contribution < -0.4 is 4.90 Å². The topological polar surface area (TPSA) is 70.1 Å². The van der Waals surface area contributed by atoms with Crippen molar-refractivity contribution in [2.75, 3.05) is 32.2 Å². The highest BCUT2D eigenvalue weighted by Crippen LogP contribution is 2.23. The maximum atomic E-state index is 12.6. The molecule has 2 unspecified atom stereocenters. The number of para-hydroxylation sites is 1. The molecule has 0 saturated carbocycles. The molecule has 21 heavy (non-hydrogen) atoms. The fraction of sp³-hybridized carbons (Fsp3) is 0.467. The first-order chi connectivity index (χ1) is 9.93. The van der Waals surface area contributed by atoms with E-state index < -0.39 is 17.9 Å². The number of anilines is 1. The molecular formula is C15H20N2O4. The van der Waals surface area contributed by atoms with Crippen molar-refractivity contribution in [2.24, 2.45) is 5.92 Å². The van der Waals surface area contributed by atoms with Gasteiger partial charge in [0.25, 0.3) is 0 Å². The second-order valence-electron chi connectivity index (χ2n) is 5.29. The molecule has 2 atom stereocenters. The van der Waals surface area contributed by atoms with Crippen molar-refractivity contribution in [3.05, 3.63) is 29.8 Å². The SMILES string of the molecule is Cc1ccccc1N(C)C(=O)N(C)C1COCC1C(=O)O. The van der Waals surface area contributed by atoms with Gasteiger partial charge in [0.1, 0.15) is 5.92 Å². The van der Waals surface area contributed by atoms with Crippen LogP contribution in [0.25, 0.3) is 0 Å². The Labute approximate surface area is 123 Å². The zero-order chi connectivity index (χ0) is 15.6. The Morgan fingerprint density at radius 3 is 2.52 bits per heavy atom. The van der Waals surface area contributed by atoms with Gasteiger partial charge in [0, 0.05) is 19.8 Å². The van der Waals surface area contributed by atoms with E-state index in [0.717, 1.165) is 11.3 Å². The zero-order valence-corrected chi connectivity index (χ0v) is 12.4. The monoisotopic (exact) mass is 292 g/mol. The first kappa shape index (κ1) is 15.3. The minimum Gasteiger partial charge on any atom is -0.481 e. The average Bonchev–Trinajstić information content (AvgIpc) is 2.95. The van der Waals surface area contributed by atoms with E-state index in [2.05, 4.69) is 0 Å². The lowest BCUT2D eigenvalue weighted by molar-refractivity contribution is -0.142. The van der Waals surface area contributed by atoms with E-state index in [1.165, 1.54) is 9.80 Å². The first-order valence-corrected chi connectivity index (χ1v) is 6.80. The third kappa shape index (κ3) is 3.00. The fourth-order valence-corrected chi connectivity index (χ4v) is 2.58. The van der Waals surface area contributed by atoms with E-state index in [9.17, 15) is 14.7 Å². The molecular weight excluding hydrogens is 272 g/mol. The summed E-state index contributed by atoms with van der Waals surface area (Å²) in [5.41, 5.74) is 1.79. The van der Waals surface area contributed by atoms with Gasteiger partial charge in [-0.2, -0.15) is 0 Å². The van der Waals surface area contributed by atoms with Crippen LogP contribution in [0.2, 0.25) is 0 Å². The highest BCUT2D eigenvalue weighted by Gasteiger charge is 2.39. The molecule has 1 N–H and O–H groups in total. The summed E-state index contributed by atoms with van der Waals surface area (Å²) in [7, 11) is 3.30. The van der Waals surface area contributed by atoms with E-state index >= 15 is 0 Å². The Balaban J connectivity index is 2.16. The molecule has 0 radical (unpaired) electrons. The summed E-state index contributed by atoms with van der Waals surface area (Å²) in [5.74, 6) is -1.61. The molecule has 0 aliphatic carbocycles. The van der Waals surface area contributed by atoms with Gasteiger partial charge < -0.3 is 14.7 Å². The predicted molar refractivity (Wildman–Crippen MR) is 78.5 cm³/mol. The number of aliphatic carboxylic acids is 1. The quantitative estimate of drug-likeness (QED) is 0.918. The Morgan fingerprint density at radius 2 is 1.90 bits per heavy atom. The molecule has 2 amide bonds. The molecule has 1 aliphatic heterocycles. The molecule has 1 saturated heterocycles. The normalized spacial score (nSPS) is 21.1. The van der Waals surface area contributed by atoms with E-state index in [1.807, 2.05) is 31.2 Å². The predicted octanol–water partition coefficient (Wildman–Crippen LogP) is 1.58. The van der Waals surface area contributed by atoms with Crippen molar-refractivity contribution in [1.29, 1.82) is 0 Å². The smallest absolute Gasteiger partial charge is 0.324 e. The highest BCUT2D eigenvalue weighted by molar-refractivity contribution is 5.92. The average molecular weight is 292 g/mol. The van der Waals surface area contributed by atoms with E-state index in [1.54, 1.807) is 14.1 Å². The zero-order valence-electron chi connectivity index (χ0n) is 12.4. The molecule has 2 rings (SSSR count). The molecule has 0 aromatic heterocycles. The summed E-state index contributed by atoms with van der Waals surface area (Å²) in [5, 5.41) is 9.18. The maximum Gasteiger partial charge on any atom is 0.324 e. The molecule has 1 heterocycles. The number of carbonyl (C=O) groups excluding carboxylic acids is 1. The van der Waals surface area contributed by atoms with Gasteiger partial charge in [0.2, 0.25) is 0 Å². The van der Waals surface area contributed by atoms with Crippen LogP contribution in [0.3, 0.4) is 0 Å². The summed E-state index contributed by atoms with van der Waals surface area (Å²) in [6, 6.07) is 6.88. The lowest BCUT2D eigenvalue weighted by Crippen LogP contribution is -2.49. The molecule has 1 fully saturated rings. The number of carboxylic acid groups (broad SMARTS) is 1. The van der Waals surface area contributed by atoms with Crippen LogP contribution in [-0.4, -0.2) is 55.4 Å². The van der Waals surface area contributed by atoms with Crippen LogP contribution in [0.1, 0.15) is 5.56 Å². The number of hydrogen-bond acceptors (Lipinski definition) is 3. The first-order valence-electron chi connectivity index (χ1n) is 6.80. The van der Waals surface area contributed by atoms with Crippen LogP contribution in [-0.2, 0) is 9.53 Å². The van der Waals surface area contributed by atoms with Gasteiger partial charge in [-0.1, -0.05) is 18.2 Å². The minimum absolute atomic E-state index is 0.145. The number of rotatable bonds is 3. The van der Waals surface area contributed by atoms with Crippen LogP contribution in [0.4, 0.5) is 10.5 Å². The maximum absolute atomic E-state index is 12.6. The Kier molecular flexibility index (Phi) is 4.47. The van der Waals surface area contributed by atoms with Crippen molar-refractivity contribution in [3.63, 3.8) is 0 Å². The Hall–Kier alpha value is -2.08. The molecule has 6 heteroatoms. The number of nitrogens with zero attached hydrogens (tertiary/aromatic N) is 2. The van der Waals surface area contributed by atoms with Gasteiger partial charge in [-0.15, -0.1) is 0 Å². The lowest BCUT2D eigenvalue weighted by atomic mass is 10.0. The molecule has 114 valence electrons. The van der Waals surface area contributed by atoms with Gasteiger partial charge in [0.05, 0.1) is 19.3 Å². The number of amides is 2.